The average Bonchev–Trinajstić information content (AvgIpc) is 3.00. The molecule has 1 atom stereocenters. The number of aliphatic hydroxyl groups excluding tert-OH is 1. The van der Waals surface area contributed by atoms with Gasteiger partial charge in [0.2, 0.25) is 0 Å². The van der Waals surface area contributed by atoms with Crippen molar-refractivity contribution in [3.63, 3.8) is 0 Å². The molecule has 4 nitrogen and oxygen atoms in total. The van der Waals surface area contributed by atoms with E-state index >= 15 is 0 Å². The molecule has 0 spiro atoms. The van der Waals surface area contributed by atoms with E-state index in [9.17, 15) is 5.11 Å². The van der Waals surface area contributed by atoms with Crippen molar-refractivity contribution in [2.75, 3.05) is 13.2 Å². The highest BCUT2D eigenvalue weighted by molar-refractivity contribution is 5.14. The molecule has 2 rings (SSSR count). The molecular weight excluding hydrogens is 290 g/mol. The summed E-state index contributed by atoms with van der Waals surface area (Å²) in [4.78, 5) is 2.27. The van der Waals surface area contributed by atoms with Crippen LogP contribution in [0.4, 0.5) is 0 Å². The van der Waals surface area contributed by atoms with Crippen molar-refractivity contribution in [2.24, 2.45) is 0 Å². The molecule has 0 aliphatic rings. The van der Waals surface area contributed by atoms with Gasteiger partial charge in [-0.1, -0.05) is 30.3 Å². The van der Waals surface area contributed by atoms with Gasteiger partial charge in [-0.2, -0.15) is 0 Å². The fraction of sp³-hybridized carbons (Fsp3) is 0.474. The molecule has 2 aromatic rings. The largest absolute Gasteiger partial charge is 0.467 e. The number of hydrogen-bond acceptors (Lipinski definition) is 4. The van der Waals surface area contributed by atoms with Gasteiger partial charge in [-0.05, 0) is 38.5 Å². The van der Waals surface area contributed by atoms with Crippen LogP contribution in [0.1, 0.15) is 32.1 Å². The summed E-state index contributed by atoms with van der Waals surface area (Å²) in [7, 11) is 0. The van der Waals surface area contributed by atoms with Crippen LogP contribution in [0, 0.1) is 0 Å². The van der Waals surface area contributed by atoms with Crippen LogP contribution in [0.3, 0.4) is 0 Å². The molecule has 0 amide bonds. The molecule has 0 radical (unpaired) electrons. The Morgan fingerprint density at radius 3 is 2.48 bits per heavy atom. The second-order valence-corrected chi connectivity index (χ2v) is 6.79. The molecule has 0 saturated carbocycles. The minimum atomic E-state index is -0.534. The molecule has 126 valence electrons. The number of rotatable bonds is 8. The highest BCUT2D eigenvalue weighted by Gasteiger charge is 2.24. The summed E-state index contributed by atoms with van der Waals surface area (Å²) in [6.07, 6.45) is 1.09. The van der Waals surface area contributed by atoms with Gasteiger partial charge in [0.15, 0.2) is 0 Å². The smallest absolute Gasteiger partial charge is 0.129 e. The molecule has 1 N–H and O–H groups in total. The third-order valence-corrected chi connectivity index (χ3v) is 3.73. The van der Waals surface area contributed by atoms with E-state index in [1.54, 1.807) is 6.26 Å². The zero-order chi connectivity index (χ0) is 16.7. The van der Waals surface area contributed by atoms with Gasteiger partial charge in [0.05, 0.1) is 19.0 Å². The molecule has 0 fully saturated rings. The first-order valence-corrected chi connectivity index (χ1v) is 8.02. The topological polar surface area (TPSA) is 45.8 Å². The summed E-state index contributed by atoms with van der Waals surface area (Å²) in [6.45, 7) is 8.53. The third kappa shape index (κ3) is 6.18. The van der Waals surface area contributed by atoms with Crippen molar-refractivity contribution in [3.8, 4) is 0 Å². The maximum atomic E-state index is 10.3. The number of furan rings is 1. The predicted octanol–water partition coefficient (Wildman–Crippen LogP) is 3.46. The fourth-order valence-electron chi connectivity index (χ4n) is 2.38. The molecule has 1 unspecified atom stereocenters. The van der Waals surface area contributed by atoms with E-state index in [0.29, 0.717) is 19.8 Å². The van der Waals surface area contributed by atoms with Crippen LogP contribution in [0.15, 0.2) is 53.1 Å². The summed E-state index contributed by atoms with van der Waals surface area (Å²) in [5.74, 6) is 0.772. The molecule has 0 aliphatic carbocycles. The first-order chi connectivity index (χ1) is 10.9. The van der Waals surface area contributed by atoms with E-state index in [2.05, 4.69) is 37.8 Å². The van der Waals surface area contributed by atoms with Crippen molar-refractivity contribution in [3.05, 3.63) is 60.1 Å². The number of nitrogens with zero attached hydrogens (tertiary/aromatic N) is 1. The average molecular weight is 317 g/mol. The molecule has 0 saturated heterocycles. The van der Waals surface area contributed by atoms with Crippen LogP contribution < -0.4 is 0 Å². The van der Waals surface area contributed by atoms with E-state index in [1.165, 1.54) is 5.56 Å². The fourth-order valence-corrected chi connectivity index (χ4v) is 2.38. The number of ether oxygens (including phenoxy) is 1. The Labute approximate surface area is 138 Å². The van der Waals surface area contributed by atoms with Gasteiger partial charge in [-0.3, -0.25) is 4.90 Å². The Morgan fingerprint density at radius 1 is 1.13 bits per heavy atom. The van der Waals surface area contributed by atoms with Gasteiger partial charge in [0.25, 0.3) is 0 Å². The van der Waals surface area contributed by atoms with E-state index in [0.717, 1.165) is 12.3 Å². The van der Waals surface area contributed by atoms with Crippen LogP contribution in [0.2, 0.25) is 0 Å². The monoisotopic (exact) mass is 317 g/mol. The van der Waals surface area contributed by atoms with Crippen molar-refractivity contribution in [2.45, 2.75) is 45.6 Å². The second kappa shape index (κ2) is 8.29. The van der Waals surface area contributed by atoms with E-state index in [4.69, 9.17) is 9.15 Å². The normalized spacial score (nSPS) is 13.4. The minimum Gasteiger partial charge on any atom is -0.467 e. The van der Waals surface area contributed by atoms with Gasteiger partial charge < -0.3 is 14.3 Å². The van der Waals surface area contributed by atoms with Crippen molar-refractivity contribution in [1.29, 1.82) is 0 Å². The lowest BCUT2D eigenvalue weighted by atomic mass is 10.0. The summed E-state index contributed by atoms with van der Waals surface area (Å²) >= 11 is 0. The van der Waals surface area contributed by atoms with Gasteiger partial charge in [-0.25, -0.2) is 0 Å². The molecule has 23 heavy (non-hydrogen) atoms. The second-order valence-electron chi connectivity index (χ2n) is 6.79. The first kappa shape index (κ1) is 17.7. The number of benzene rings is 1. The molecule has 0 bridgehead atoms. The standard InChI is InChI=1S/C19H27NO3/c1-19(2,3)20(12-16-8-5-4-6-9-16)13-17(21)14-22-15-18-10-7-11-23-18/h4-11,17,21H,12-15H2,1-3H3. The first-order valence-electron chi connectivity index (χ1n) is 8.02. The molecule has 0 aliphatic heterocycles. The molecule has 4 heteroatoms. The Balaban J connectivity index is 1.84. The van der Waals surface area contributed by atoms with Gasteiger partial charge in [0.1, 0.15) is 12.4 Å². The van der Waals surface area contributed by atoms with Gasteiger partial charge >= 0.3 is 0 Å². The minimum absolute atomic E-state index is 0.0299. The predicted molar refractivity (Wildman–Crippen MR) is 91.0 cm³/mol. The number of hydrogen-bond donors (Lipinski definition) is 1. The van der Waals surface area contributed by atoms with Gasteiger partial charge in [0, 0.05) is 18.6 Å². The van der Waals surface area contributed by atoms with Crippen LogP contribution in [-0.4, -0.2) is 34.8 Å². The SMILES string of the molecule is CC(C)(C)N(Cc1ccccc1)CC(O)COCc1ccco1. The molecular formula is C19H27NO3. The van der Waals surface area contributed by atoms with Crippen LogP contribution in [-0.2, 0) is 17.9 Å². The maximum absolute atomic E-state index is 10.3. The summed E-state index contributed by atoms with van der Waals surface area (Å²) in [5, 5.41) is 10.3. The Kier molecular flexibility index (Phi) is 6.39. The number of aliphatic hydroxyl groups is 1. The zero-order valence-corrected chi connectivity index (χ0v) is 14.2. The van der Waals surface area contributed by atoms with Crippen molar-refractivity contribution in [1.82, 2.24) is 4.90 Å². The van der Waals surface area contributed by atoms with Crippen molar-refractivity contribution >= 4 is 0 Å². The molecule has 1 aromatic carbocycles. The Morgan fingerprint density at radius 2 is 1.87 bits per heavy atom. The summed E-state index contributed by atoms with van der Waals surface area (Å²) in [6, 6.07) is 14.0. The molecule has 1 heterocycles. The highest BCUT2D eigenvalue weighted by Crippen LogP contribution is 2.18. The van der Waals surface area contributed by atoms with Crippen molar-refractivity contribution < 1.29 is 14.3 Å². The van der Waals surface area contributed by atoms with E-state index < -0.39 is 6.10 Å². The van der Waals surface area contributed by atoms with E-state index in [-0.39, 0.29) is 5.54 Å². The van der Waals surface area contributed by atoms with E-state index in [1.807, 2.05) is 30.3 Å². The lowest BCUT2D eigenvalue weighted by molar-refractivity contribution is -0.0132. The highest BCUT2D eigenvalue weighted by atomic mass is 16.5. The van der Waals surface area contributed by atoms with Gasteiger partial charge in [-0.15, -0.1) is 0 Å². The lowest BCUT2D eigenvalue weighted by Crippen LogP contribution is -2.45. The maximum Gasteiger partial charge on any atom is 0.129 e. The van der Waals surface area contributed by atoms with Crippen LogP contribution in [0.5, 0.6) is 0 Å². The third-order valence-electron chi connectivity index (χ3n) is 3.73. The Hall–Kier alpha value is -1.62. The van der Waals surface area contributed by atoms with Crippen LogP contribution >= 0.6 is 0 Å². The quantitative estimate of drug-likeness (QED) is 0.810. The Bertz CT molecular complexity index is 546. The number of β-amino-alcohol motifs (C(OH)–C–C–N with tert-alkyl or cyclic N) is 1. The summed E-state index contributed by atoms with van der Waals surface area (Å²) < 4.78 is 10.7. The lowest BCUT2D eigenvalue weighted by Gasteiger charge is -2.37. The molecule has 1 aromatic heterocycles. The van der Waals surface area contributed by atoms with Crippen LogP contribution in [0.25, 0.3) is 0 Å². The zero-order valence-electron chi connectivity index (χ0n) is 14.2. The summed E-state index contributed by atoms with van der Waals surface area (Å²) in [5.41, 5.74) is 1.21.